The number of nitrogens with one attached hydrogen (secondary N) is 1. The van der Waals surface area contributed by atoms with Gasteiger partial charge < -0.3 is 25.4 Å². The number of carbonyl (C=O) groups excluding carboxylic acids is 3. The van der Waals surface area contributed by atoms with Crippen LogP contribution in [0.15, 0.2) is 48.5 Å². The van der Waals surface area contributed by atoms with Crippen molar-refractivity contribution < 1.29 is 23.9 Å². The fraction of sp³-hybridized carbons (Fsp3) is 0.660. The van der Waals surface area contributed by atoms with Crippen molar-refractivity contribution in [3.63, 3.8) is 0 Å². The average Bonchev–Trinajstić information content (AvgIpc) is 3.90. The molecule has 0 saturated heterocycles. The average molecular weight is 795 g/mol. The fourth-order valence-electron chi connectivity index (χ4n) is 8.11. The molecule has 3 N–H and O–H groups in total. The monoisotopic (exact) mass is 794 g/mol. The van der Waals surface area contributed by atoms with Crippen molar-refractivity contribution in [1.29, 1.82) is 0 Å². The van der Waals surface area contributed by atoms with Gasteiger partial charge in [-0.3, -0.25) is 14.4 Å². The predicted molar refractivity (Wildman–Crippen MR) is 230 cm³/mol. The highest BCUT2D eigenvalue weighted by Gasteiger charge is 2.39. The molecule has 3 unspecified atom stereocenters. The van der Waals surface area contributed by atoms with Crippen LogP contribution in [0.5, 0.6) is 11.5 Å². The molecule has 4 fully saturated rings. The third kappa shape index (κ3) is 15.5. The van der Waals surface area contributed by atoms with Crippen LogP contribution in [-0.2, 0) is 4.79 Å². The zero-order chi connectivity index (χ0) is 42.2. The molecule has 2 aromatic carbocycles. The van der Waals surface area contributed by atoms with Crippen molar-refractivity contribution in [1.82, 2.24) is 5.32 Å². The Bertz CT molecular complexity index is 1560. The van der Waals surface area contributed by atoms with E-state index in [0.717, 1.165) is 50.4 Å². The summed E-state index contributed by atoms with van der Waals surface area (Å²) in [5.41, 5.74) is 7.99. The number of ether oxygens (including phenoxy) is 2. The Morgan fingerprint density at radius 3 is 1.48 bits per heavy atom. The smallest absolute Gasteiger partial charge is 0.252 e. The molecule has 3 atom stereocenters. The number of ketones is 1. The molecule has 4 aliphatic rings. The van der Waals surface area contributed by atoms with Gasteiger partial charge >= 0.3 is 0 Å². The van der Waals surface area contributed by atoms with Gasteiger partial charge in [0, 0.05) is 41.3 Å². The molecule has 6 rings (SSSR count). The number of amides is 1. The van der Waals surface area contributed by atoms with E-state index in [9.17, 15) is 14.4 Å². The summed E-state index contributed by atoms with van der Waals surface area (Å²) in [6.07, 6.45) is 14.5. The Balaban J connectivity index is 0.000000254. The number of methoxy groups -OCH3 is 2. The van der Waals surface area contributed by atoms with Crippen molar-refractivity contribution in [3.8, 4) is 11.5 Å². The molecule has 0 aromatic heterocycles. The van der Waals surface area contributed by atoms with Crippen LogP contribution in [0.25, 0.3) is 4.85 Å². The van der Waals surface area contributed by atoms with E-state index in [0.29, 0.717) is 50.9 Å². The van der Waals surface area contributed by atoms with E-state index in [1.165, 1.54) is 51.4 Å². The van der Waals surface area contributed by atoms with Crippen LogP contribution in [0, 0.1) is 40.1 Å². The minimum atomic E-state index is -0.451. The maximum Gasteiger partial charge on any atom is 0.252 e. The topological polar surface area (TPSA) is 112 Å². The first-order valence-corrected chi connectivity index (χ1v) is 21.0. The van der Waals surface area contributed by atoms with Crippen LogP contribution < -0.4 is 20.5 Å². The second-order valence-electron chi connectivity index (χ2n) is 18.5. The zero-order valence-electron chi connectivity index (χ0n) is 36.2. The number of halogens is 1. The third-order valence-electron chi connectivity index (χ3n) is 12.7. The van der Waals surface area contributed by atoms with Crippen molar-refractivity contribution in [2.45, 2.75) is 138 Å². The lowest BCUT2D eigenvalue weighted by Gasteiger charge is -2.27. The van der Waals surface area contributed by atoms with Gasteiger partial charge in [-0.1, -0.05) is 68.2 Å². The molecule has 0 aliphatic heterocycles. The first-order chi connectivity index (χ1) is 26.2. The van der Waals surface area contributed by atoms with E-state index < -0.39 is 5.24 Å². The molecular formula is C47H72ClN3O5. The lowest BCUT2D eigenvalue weighted by Crippen LogP contribution is -2.33. The summed E-state index contributed by atoms with van der Waals surface area (Å²) in [4.78, 5) is 37.1. The van der Waals surface area contributed by atoms with Crippen molar-refractivity contribution in [3.05, 3.63) is 71.1 Å². The summed E-state index contributed by atoms with van der Waals surface area (Å²) in [7, 11) is 3.19. The van der Waals surface area contributed by atoms with E-state index in [1.54, 1.807) is 50.6 Å². The van der Waals surface area contributed by atoms with Crippen LogP contribution in [-0.4, -0.2) is 50.3 Å². The summed E-state index contributed by atoms with van der Waals surface area (Å²) in [5, 5.41) is 2.60. The molecule has 8 nitrogen and oxygen atoms in total. The van der Waals surface area contributed by atoms with Gasteiger partial charge in [0.15, 0.2) is 0 Å². The highest BCUT2D eigenvalue weighted by Crippen LogP contribution is 2.43. The maximum atomic E-state index is 12.1. The van der Waals surface area contributed by atoms with Gasteiger partial charge in [-0.2, -0.15) is 0 Å². The van der Waals surface area contributed by atoms with Crippen LogP contribution in [0.2, 0.25) is 0 Å². The number of hydrogen-bond acceptors (Lipinski definition) is 6. The Labute approximate surface area is 344 Å². The first-order valence-electron chi connectivity index (χ1n) is 20.6. The van der Waals surface area contributed by atoms with Gasteiger partial charge in [0.1, 0.15) is 17.3 Å². The number of rotatable bonds is 7. The number of nitrogens with two attached hydrogens (primary N) is 1. The lowest BCUT2D eigenvalue weighted by atomic mass is 9.82. The number of carbonyl (C=O) groups is 3. The van der Waals surface area contributed by atoms with Crippen molar-refractivity contribution >= 4 is 28.5 Å². The van der Waals surface area contributed by atoms with Gasteiger partial charge in [0.05, 0.1) is 14.2 Å². The lowest BCUT2D eigenvalue weighted by molar-refractivity contribution is -0.124. The highest BCUT2D eigenvalue weighted by molar-refractivity contribution is 6.67. The number of benzene rings is 2. The van der Waals surface area contributed by atoms with Gasteiger partial charge in [-0.15, -0.1) is 0 Å². The molecule has 0 bridgehead atoms. The summed E-state index contributed by atoms with van der Waals surface area (Å²) >= 11 is 5.22. The molecule has 0 heterocycles. The van der Waals surface area contributed by atoms with E-state index >= 15 is 0 Å². The van der Waals surface area contributed by atoms with Crippen molar-refractivity contribution in [2.24, 2.45) is 39.2 Å². The zero-order valence-corrected chi connectivity index (χ0v) is 37.0. The van der Waals surface area contributed by atoms with Crippen LogP contribution in [0.3, 0.4) is 0 Å². The Hall–Kier alpha value is -3.41. The van der Waals surface area contributed by atoms with Crippen LogP contribution in [0.1, 0.15) is 153 Å². The summed E-state index contributed by atoms with van der Waals surface area (Å²) in [6.45, 7) is 26.2. The maximum absolute atomic E-state index is 12.1. The quantitative estimate of drug-likeness (QED) is 0.213. The normalized spacial score (nSPS) is 23.2. The van der Waals surface area contributed by atoms with Gasteiger partial charge in [0.2, 0.25) is 6.04 Å². The molecule has 2 aromatic rings. The second kappa shape index (κ2) is 22.5. The van der Waals surface area contributed by atoms with Gasteiger partial charge in [-0.05, 0) is 141 Å². The molecule has 312 valence electrons. The van der Waals surface area contributed by atoms with Gasteiger partial charge in [0.25, 0.3) is 11.1 Å². The molecule has 4 saturated carbocycles. The van der Waals surface area contributed by atoms with Crippen molar-refractivity contribution in [2.75, 3.05) is 27.3 Å². The molecule has 1 amide bonds. The predicted octanol–water partition coefficient (Wildman–Crippen LogP) is 11.3. The third-order valence-corrected chi connectivity index (χ3v) is 13.0. The molecule has 4 aliphatic carbocycles. The molecule has 0 radical (unpaired) electrons. The highest BCUT2D eigenvalue weighted by atomic mass is 35.5. The Morgan fingerprint density at radius 1 is 0.732 bits per heavy atom. The SMILES string of the molecule is CC1(C)CCCC1=O.CC1(C)CCCC1CN.COc1ccc(C(=O)Cl)cc1.COc1ccc(C(=O)NCC2CCCC2(C)C)cc1.[C-]#[N+]C1CCCC1(C)C. The Morgan fingerprint density at radius 2 is 1.20 bits per heavy atom. The van der Waals surface area contributed by atoms with E-state index in [2.05, 4.69) is 51.7 Å². The van der Waals surface area contributed by atoms with Crippen LogP contribution >= 0.6 is 11.6 Å². The summed E-state index contributed by atoms with van der Waals surface area (Å²) in [6, 6.07) is 14.1. The number of hydrogen-bond donors (Lipinski definition) is 2. The molecule has 56 heavy (non-hydrogen) atoms. The minimum Gasteiger partial charge on any atom is -0.497 e. The Kier molecular flexibility index (Phi) is 19.6. The first kappa shape index (κ1) is 48.7. The van der Waals surface area contributed by atoms with E-state index in [1.807, 2.05) is 26.0 Å². The van der Waals surface area contributed by atoms with E-state index in [-0.39, 0.29) is 11.3 Å². The largest absolute Gasteiger partial charge is 0.497 e. The van der Waals surface area contributed by atoms with Crippen LogP contribution in [0.4, 0.5) is 0 Å². The molecular weight excluding hydrogens is 722 g/mol. The fourth-order valence-corrected chi connectivity index (χ4v) is 8.24. The number of nitrogens with zero attached hydrogens (tertiary/aromatic N) is 1. The standard InChI is InChI=1S/C16H23NO2.C8H7ClO2.C8H13N.C8H17N.C7H12O/c1-16(2)10-4-5-13(16)11-17-15(18)12-6-8-14(19-3)9-7-12;1-11-7-4-2-6(3-5-7)8(9)10;1-8(2)6-4-5-7(8)9-3;1-8(2)5-3-4-7(8)6-9;1-7(2)5-3-4-6(7)8/h6-9,13H,4-5,10-11H2,1-3H3,(H,17,18);2-5H,1H3;7H,4-6H2,1-2H3;7H,3-6,9H2,1-2H3;3-5H2,1-2H3. The summed E-state index contributed by atoms with van der Waals surface area (Å²) < 4.78 is 9.98. The van der Waals surface area contributed by atoms with Gasteiger partial charge in [-0.25, -0.2) is 6.57 Å². The summed E-state index contributed by atoms with van der Waals surface area (Å²) in [5.74, 6) is 3.31. The number of Topliss-reactive ketones (excluding diaryl/α,β-unsaturated/α-hetero) is 1. The minimum absolute atomic E-state index is 0.00496. The van der Waals surface area contributed by atoms with E-state index in [4.69, 9.17) is 33.4 Å². The molecule has 9 heteroatoms. The second-order valence-corrected chi connectivity index (χ2v) is 18.9. The molecule has 0 spiro atoms.